The largest absolute Gasteiger partial charge is 0.481 e. The molecule has 0 unspecified atom stereocenters. The number of rotatable bonds is 7. The molecule has 0 aromatic carbocycles. The van der Waals surface area contributed by atoms with Gasteiger partial charge >= 0.3 is 5.97 Å². The zero-order chi connectivity index (χ0) is 14.4. The minimum absolute atomic E-state index is 0.122. The number of aromatic nitrogens is 1. The summed E-state index contributed by atoms with van der Waals surface area (Å²) in [6.07, 6.45) is -0.125. The number of hydrogen-bond acceptors (Lipinski definition) is 6. The van der Waals surface area contributed by atoms with Crippen molar-refractivity contribution < 1.29 is 14.7 Å². The molecule has 1 amide bonds. The predicted molar refractivity (Wildman–Crippen MR) is 82.6 cm³/mol. The fourth-order valence-electron chi connectivity index (χ4n) is 1.39. The van der Waals surface area contributed by atoms with Crippen LogP contribution in [0.4, 0.5) is 5.13 Å². The molecule has 20 heavy (non-hydrogen) atoms. The molecule has 2 N–H and O–H groups in total. The number of nitrogens with one attached hydrogen (secondary N) is 1. The van der Waals surface area contributed by atoms with E-state index < -0.39 is 5.97 Å². The number of carboxylic acids is 1. The molecular formula is C12H12N2O3S3. The molecule has 0 aliphatic heterocycles. The minimum atomic E-state index is -0.931. The highest BCUT2D eigenvalue weighted by atomic mass is 32.2. The van der Waals surface area contributed by atoms with E-state index in [0.717, 1.165) is 5.75 Å². The van der Waals surface area contributed by atoms with E-state index in [1.54, 1.807) is 16.7 Å². The van der Waals surface area contributed by atoms with Crippen LogP contribution in [-0.2, 0) is 21.8 Å². The molecule has 0 radical (unpaired) electrons. The average molecular weight is 328 g/mol. The van der Waals surface area contributed by atoms with E-state index in [9.17, 15) is 9.59 Å². The second-order valence-corrected chi connectivity index (χ2v) is 6.71. The number of thiophene rings is 1. The van der Waals surface area contributed by atoms with Gasteiger partial charge in [0, 0.05) is 16.0 Å². The molecule has 0 bridgehead atoms. The number of amides is 1. The van der Waals surface area contributed by atoms with Gasteiger partial charge in [-0.05, 0) is 11.4 Å². The number of hydrogen-bond donors (Lipinski definition) is 2. The summed E-state index contributed by atoms with van der Waals surface area (Å²) in [6, 6.07) is 4.02. The SMILES string of the molecule is O=C(O)Cc1csc(NC(=O)CSCc2cccs2)n1. The van der Waals surface area contributed by atoms with Crippen molar-refractivity contribution in [2.24, 2.45) is 0 Å². The van der Waals surface area contributed by atoms with E-state index in [0.29, 0.717) is 16.6 Å². The summed E-state index contributed by atoms with van der Waals surface area (Å²) in [5.74, 6) is 0.112. The van der Waals surface area contributed by atoms with Gasteiger partial charge in [-0.3, -0.25) is 9.59 Å². The summed E-state index contributed by atoms with van der Waals surface area (Å²) in [4.78, 5) is 27.5. The molecule has 0 atom stereocenters. The van der Waals surface area contributed by atoms with Crippen LogP contribution in [0.3, 0.4) is 0 Å². The van der Waals surface area contributed by atoms with Gasteiger partial charge in [0.25, 0.3) is 0 Å². The Morgan fingerprint density at radius 2 is 2.25 bits per heavy atom. The third-order valence-electron chi connectivity index (χ3n) is 2.19. The lowest BCUT2D eigenvalue weighted by Gasteiger charge is -2.00. The second kappa shape index (κ2) is 7.41. The van der Waals surface area contributed by atoms with Crippen LogP contribution in [-0.4, -0.2) is 27.7 Å². The number of carbonyl (C=O) groups is 2. The monoisotopic (exact) mass is 328 g/mol. The van der Waals surface area contributed by atoms with E-state index in [1.807, 2.05) is 17.5 Å². The molecule has 0 fully saturated rings. The summed E-state index contributed by atoms with van der Waals surface area (Å²) in [7, 11) is 0. The molecule has 2 aromatic rings. The summed E-state index contributed by atoms with van der Waals surface area (Å²) in [6.45, 7) is 0. The van der Waals surface area contributed by atoms with Crippen molar-refractivity contribution >= 4 is 51.4 Å². The Hall–Kier alpha value is -1.38. The molecule has 0 aliphatic rings. The number of aliphatic carboxylic acids is 1. The Morgan fingerprint density at radius 3 is 2.95 bits per heavy atom. The van der Waals surface area contributed by atoms with Crippen LogP contribution in [0, 0.1) is 0 Å². The first kappa shape index (κ1) is 15.0. The number of thiazole rings is 1. The van der Waals surface area contributed by atoms with E-state index in [2.05, 4.69) is 10.3 Å². The minimum Gasteiger partial charge on any atom is -0.481 e. The number of carbonyl (C=O) groups excluding carboxylic acids is 1. The van der Waals surface area contributed by atoms with Gasteiger partial charge in [0.1, 0.15) is 0 Å². The molecule has 8 heteroatoms. The Labute approximate surface area is 128 Å². The first-order chi connectivity index (χ1) is 9.63. The zero-order valence-electron chi connectivity index (χ0n) is 10.4. The van der Waals surface area contributed by atoms with Gasteiger partial charge in [0.15, 0.2) is 5.13 Å². The molecule has 5 nitrogen and oxygen atoms in total. The lowest BCUT2D eigenvalue weighted by atomic mass is 10.3. The number of nitrogens with zero attached hydrogens (tertiary/aromatic N) is 1. The van der Waals surface area contributed by atoms with E-state index >= 15 is 0 Å². The fourth-order valence-corrected chi connectivity index (χ4v) is 3.79. The van der Waals surface area contributed by atoms with Gasteiger partial charge in [-0.2, -0.15) is 0 Å². The van der Waals surface area contributed by atoms with Crippen molar-refractivity contribution in [3.8, 4) is 0 Å². The van der Waals surface area contributed by atoms with Crippen molar-refractivity contribution in [1.82, 2.24) is 4.98 Å². The number of thioether (sulfide) groups is 1. The van der Waals surface area contributed by atoms with Crippen molar-refractivity contribution in [1.29, 1.82) is 0 Å². The molecule has 0 spiro atoms. The molecule has 0 saturated heterocycles. The van der Waals surface area contributed by atoms with Gasteiger partial charge in [0.2, 0.25) is 5.91 Å². The lowest BCUT2D eigenvalue weighted by molar-refractivity contribution is -0.136. The summed E-state index contributed by atoms with van der Waals surface area (Å²) in [5.41, 5.74) is 0.462. The maximum Gasteiger partial charge on any atom is 0.309 e. The molecule has 0 aliphatic carbocycles. The maximum atomic E-state index is 11.7. The second-order valence-electron chi connectivity index (χ2n) is 3.83. The molecule has 106 valence electrons. The molecule has 2 rings (SSSR count). The smallest absolute Gasteiger partial charge is 0.309 e. The topological polar surface area (TPSA) is 79.3 Å². The van der Waals surface area contributed by atoms with Gasteiger partial charge < -0.3 is 10.4 Å². The third-order valence-corrected chi connectivity index (χ3v) is 5.04. The fraction of sp³-hybridized carbons (Fsp3) is 0.250. The molecule has 2 heterocycles. The van der Waals surface area contributed by atoms with Crippen LogP contribution >= 0.6 is 34.4 Å². The van der Waals surface area contributed by atoms with Crippen molar-refractivity contribution in [2.45, 2.75) is 12.2 Å². The van der Waals surface area contributed by atoms with E-state index in [1.165, 1.54) is 28.0 Å². The highest BCUT2D eigenvalue weighted by Gasteiger charge is 2.09. The van der Waals surface area contributed by atoms with Crippen LogP contribution in [0.5, 0.6) is 0 Å². The quantitative estimate of drug-likeness (QED) is 0.817. The predicted octanol–water partition coefficient (Wildman–Crippen LogP) is 2.70. The maximum absolute atomic E-state index is 11.7. The van der Waals surface area contributed by atoms with E-state index in [-0.39, 0.29) is 12.3 Å². The highest BCUT2D eigenvalue weighted by Crippen LogP contribution is 2.19. The first-order valence-corrected chi connectivity index (χ1v) is 8.61. The zero-order valence-corrected chi connectivity index (χ0v) is 12.8. The Balaban J connectivity index is 1.73. The Morgan fingerprint density at radius 1 is 1.40 bits per heavy atom. The Kier molecular flexibility index (Phi) is 5.57. The number of anilines is 1. The highest BCUT2D eigenvalue weighted by molar-refractivity contribution is 7.99. The third kappa shape index (κ3) is 4.95. The molecule has 0 saturated carbocycles. The van der Waals surface area contributed by atoms with Crippen LogP contribution in [0.2, 0.25) is 0 Å². The van der Waals surface area contributed by atoms with Crippen LogP contribution < -0.4 is 5.32 Å². The van der Waals surface area contributed by atoms with Crippen molar-refractivity contribution in [2.75, 3.05) is 11.1 Å². The standard InChI is InChI=1S/C12H12N2O3S3/c15-10(7-18-6-9-2-1-3-19-9)14-12-13-8(5-20-12)4-11(16)17/h1-3,5H,4,6-7H2,(H,16,17)(H,13,14,15). The summed E-state index contributed by atoms with van der Waals surface area (Å²) >= 11 is 4.44. The summed E-state index contributed by atoms with van der Waals surface area (Å²) in [5, 5.41) is 15.4. The number of carboxylic acid groups (broad SMARTS) is 1. The van der Waals surface area contributed by atoms with Crippen molar-refractivity contribution in [3.05, 3.63) is 33.5 Å². The normalized spacial score (nSPS) is 10.4. The Bertz CT molecular complexity index is 581. The van der Waals surface area contributed by atoms with Gasteiger partial charge in [-0.1, -0.05) is 6.07 Å². The van der Waals surface area contributed by atoms with Crippen molar-refractivity contribution in [3.63, 3.8) is 0 Å². The van der Waals surface area contributed by atoms with Gasteiger partial charge in [-0.25, -0.2) is 4.98 Å². The summed E-state index contributed by atoms with van der Waals surface area (Å²) < 4.78 is 0. The van der Waals surface area contributed by atoms with Crippen LogP contribution in [0.1, 0.15) is 10.6 Å². The van der Waals surface area contributed by atoms with E-state index in [4.69, 9.17) is 5.11 Å². The lowest BCUT2D eigenvalue weighted by Crippen LogP contribution is -2.14. The average Bonchev–Trinajstić information content (AvgIpc) is 3.00. The van der Waals surface area contributed by atoms with Crippen LogP contribution in [0.25, 0.3) is 0 Å². The van der Waals surface area contributed by atoms with Gasteiger partial charge in [-0.15, -0.1) is 34.4 Å². The molecule has 2 aromatic heterocycles. The molecular weight excluding hydrogens is 316 g/mol. The van der Waals surface area contributed by atoms with Gasteiger partial charge in [0.05, 0.1) is 17.9 Å². The van der Waals surface area contributed by atoms with Crippen LogP contribution in [0.15, 0.2) is 22.9 Å². The first-order valence-electron chi connectivity index (χ1n) is 5.69.